The van der Waals surface area contributed by atoms with Gasteiger partial charge in [0.2, 0.25) is 5.91 Å². The first-order chi connectivity index (χ1) is 14.9. The number of nitrogens with zero attached hydrogens (tertiary/aromatic N) is 2. The highest BCUT2D eigenvalue weighted by molar-refractivity contribution is 5.93. The molecule has 2 heterocycles. The Kier molecular flexibility index (Phi) is 6.39. The predicted molar refractivity (Wildman–Crippen MR) is 124 cm³/mol. The molecule has 1 amide bonds. The van der Waals surface area contributed by atoms with Crippen LogP contribution in [0, 0.1) is 0 Å². The molecule has 3 aromatic rings. The molecular weight excluding hydrogens is 388 g/mol. The Bertz CT molecular complexity index is 1030. The van der Waals surface area contributed by atoms with Crippen LogP contribution in [0.15, 0.2) is 42.5 Å². The number of aryl methyl sites for hydroxylation is 1. The maximum Gasteiger partial charge on any atom is 0.224 e. The molecule has 1 aliphatic rings. The molecule has 31 heavy (non-hydrogen) atoms. The Balaban J connectivity index is 1.32. The summed E-state index contributed by atoms with van der Waals surface area (Å²) in [5, 5.41) is 3.02. The van der Waals surface area contributed by atoms with Crippen molar-refractivity contribution in [2.24, 2.45) is 0 Å². The van der Waals surface area contributed by atoms with E-state index in [2.05, 4.69) is 65.2 Å². The van der Waals surface area contributed by atoms with E-state index in [1.807, 2.05) is 18.2 Å². The molecule has 0 radical (unpaired) electrons. The van der Waals surface area contributed by atoms with Gasteiger partial charge in [-0.25, -0.2) is 4.98 Å². The Labute approximate surface area is 184 Å². The van der Waals surface area contributed by atoms with Crippen LogP contribution in [0.1, 0.15) is 44.1 Å². The highest BCUT2D eigenvalue weighted by atomic mass is 16.5. The van der Waals surface area contributed by atoms with Crippen LogP contribution in [0.4, 0.5) is 5.69 Å². The first-order valence-corrected chi connectivity index (χ1v) is 11.0. The second-order valence-corrected chi connectivity index (χ2v) is 9.30. The van der Waals surface area contributed by atoms with Gasteiger partial charge in [-0.15, -0.1) is 0 Å². The summed E-state index contributed by atoms with van der Waals surface area (Å²) in [6.45, 7) is 10.8. The summed E-state index contributed by atoms with van der Waals surface area (Å²) < 4.78 is 5.40. The van der Waals surface area contributed by atoms with Gasteiger partial charge in [-0.2, -0.15) is 0 Å². The highest BCUT2D eigenvalue weighted by Crippen LogP contribution is 2.23. The average Bonchev–Trinajstić information content (AvgIpc) is 3.14. The number of aromatic nitrogens is 2. The number of morpholine rings is 1. The minimum Gasteiger partial charge on any atom is -0.379 e. The molecule has 1 saturated heterocycles. The SMILES string of the molecule is CC(C)(C)c1ccc(CCC(=O)Nc2ccc3nc(CN4CCOCC4)[nH]c3c2)cc1. The predicted octanol–water partition coefficient (Wildman–Crippen LogP) is 4.26. The van der Waals surface area contributed by atoms with E-state index < -0.39 is 0 Å². The van der Waals surface area contributed by atoms with Crippen molar-refractivity contribution < 1.29 is 9.53 Å². The monoisotopic (exact) mass is 420 g/mol. The second kappa shape index (κ2) is 9.20. The van der Waals surface area contributed by atoms with Crippen LogP contribution in [-0.4, -0.2) is 47.1 Å². The van der Waals surface area contributed by atoms with Crippen molar-refractivity contribution in [3.63, 3.8) is 0 Å². The summed E-state index contributed by atoms with van der Waals surface area (Å²) >= 11 is 0. The first-order valence-electron chi connectivity index (χ1n) is 11.0. The number of carbonyl (C=O) groups is 1. The second-order valence-electron chi connectivity index (χ2n) is 9.30. The number of rotatable bonds is 6. The van der Waals surface area contributed by atoms with Crippen molar-refractivity contribution in [2.75, 3.05) is 31.6 Å². The topological polar surface area (TPSA) is 70.2 Å². The number of ether oxygens (including phenoxy) is 1. The summed E-state index contributed by atoms with van der Waals surface area (Å²) in [5.41, 5.74) is 5.28. The summed E-state index contributed by atoms with van der Waals surface area (Å²) in [5.74, 6) is 0.964. The van der Waals surface area contributed by atoms with Gasteiger partial charge < -0.3 is 15.0 Å². The van der Waals surface area contributed by atoms with Gasteiger partial charge in [0.1, 0.15) is 5.82 Å². The van der Waals surface area contributed by atoms with Gasteiger partial charge in [-0.3, -0.25) is 9.69 Å². The van der Waals surface area contributed by atoms with Crippen LogP contribution in [-0.2, 0) is 27.9 Å². The number of imidazole rings is 1. The van der Waals surface area contributed by atoms with E-state index >= 15 is 0 Å². The van der Waals surface area contributed by atoms with Crippen molar-refractivity contribution >= 4 is 22.6 Å². The number of carbonyl (C=O) groups excluding carboxylic acids is 1. The third-order valence-electron chi connectivity index (χ3n) is 5.75. The van der Waals surface area contributed by atoms with E-state index in [9.17, 15) is 4.79 Å². The fraction of sp³-hybridized carbons (Fsp3) is 0.440. The maximum atomic E-state index is 12.5. The van der Waals surface area contributed by atoms with Gasteiger partial charge in [-0.05, 0) is 41.2 Å². The fourth-order valence-corrected chi connectivity index (χ4v) is 3.84. The molecule has 0 unspecified atom stereocenters. The Morgan fingerprint density at radius 1 is 1.13 bits per heavy atom. The molecule has 0 aliphatic carbocycles. The minimum atomic E-state index is 0.0207. The number of nitrogens with one attached hydrogen (secondary N) is 2. The van der Waals surface area contributed by atoms with Crippen LogP contribution in [0.5, 0.6) is 0 Å². The minimum absolute atomic E-state index is 0.0207. The summed E-state index contributed by atoms with van der Waals surface area (Å²) in [4.78, 5) is 22.9. The van der Waals surface area contributed by atoms with Crippen molar-refractivity contribution in [2.45, 2.75) is 45.6 Å². The third-order valence-corrected chi connectivity index (χ3v) is 5.75. The highest BCUT2D eigenvalue weighted by Gasteiger charge is 2.14. The van der Waals surface area contributed by atoms with Gasteiger partial charge in [0.05, 0.1) is 30.8 Å². The van der Waals surface area contributed by atoms with E-state index in [0.29, 0.717) is 6.42 Å². The lowest BCUT2D eigenvalue weighted by molar-refractivity contribution is -0.116. The number of fused-ring (bicyclic) bond motifs is 1. The molecule has 0 bridgehead atoms. The van der Waals surface area contributed by atoms with Gasteiger partial charge in [-0.1, -0.05) is 45.0 Å². The molecule has 6 nitrogen and oxygen atoms in total. The Morgan fingerprint density at radius 2 is 1.87 bits per heavy atom. The molecular formula is C25H32N4O2. The van der Waals surface area contributed by atoms with Crippen molar-refractivity contribution in [3.05, 3.63) is 59.4 Å². The molecule has 4 rings (SSSR count). The number of amides is 1. The molecule has 2 N–H and O–H groups in total. The molecule has 164 valence electrons. The zero-order chi connectivity index (χ0) is 21.8. The largest absolute Gasteiger partial charge is 0.379 e. The number of anilines is 1. The van der Waals surface area contributed by atoms with E-state index in [0.717, 1.165) is 61.8 Å². The molecule has 6 heteroatoms. The third kappa shape index (κ3) is 5.71. The van der Waals surface area contributed by atoms with Crippen LogP contribution in [0.3, 0.4) is 0 Å². The molecule has 1 aliphatic heterocycles. The lowest BCUT2D eigenvalue weighted by atomic mass is 9.86. The fourth-order valence-electron chi connectivity index (χ4n) is 3.84. The van der Waals surface area contributed by atoms with Crippen molar-refractivity contribution in [1.29, 1.82) is 0 Å². The van der Waals surface area contributed by atoms with Crippen molar-refractivity contribution in [1.82, 2.24) is 14.9 Å². The molecule has 0 atom stereocenters. The zero-order valence-corrected chi connectivity index (χ0v) is 18.7. The molecule has 1 aromatic heterocycles. The summed E-state index contributed by atoms with van der Waals surface area (Å²) in [6.07, 6.45) is 1.18. The van der Waals surface area contributed by atoms with Crippen LogP contribution < -0.4 is 5.32 Å². The quantitative estimate of drug-likeness (QED) is 0.625. The summed E-state index contributed by atoms with van der Waals surface area (Å²) in [6, 6.07) is 14.4. The smallest absolute Gasteiger partial charge is 0.224 e. The van der Waals surface area contributed by atoms with E-state index in [-0.39, 0.29) is 11.3 Å². The molecule has 2 aromatic carbocycles. The Hall–Kier alpha value is -2.70. The van der Waals surface area contributed by atoms with Crippen molar-refractivity contribution in [3.8, 4) is 0 Å². The van der Waals surface area contributed by atoms with Gasteiger partial charge in [0.15, 0.2) is 0 Å². The lowest BCUT2D eigenvalue weighted by Crippen LogP contribution is -2.35. The van der Waals surface area contributed by atoms with E-state index in [1.165, 1.54) is 11.1 Å². The zero-order valence-electron chi connectivity index (χ0n) is 18.7. The van der Waals surface area contributed by atoms with E-state index in [4.69, 9.17) is 4.74 Å². The van der Waals surface area contributed by atoms with Gasteiger partial charge in [0.25, 0.3) is 0 Å². The Morgan fingerprint density at radius 3 is 2.58 bits per heavy atom. The number of hydrogen-bond acceptors (Lipinski definition) is 4. The number of H-pyrrole nitrogens is 1. The number of hydrogen-bond donors (Lipinski definition) is 2. The molecule has 1 fully saturated rings. The van der Waals surface area contributed by atoms with Gasteiger partial charge >= 0.3 is 0 Å². The number of aromatic amines is 1. The molecule has 0 spiro atoms. The first kappa shape index (κ1) is 21.5. The summed E-state index contributed by atoms with van der Waals surface area (Å²) in [7, 11) is 0. The van der Waals surface area contributed by atoms with Gasteiger partial charge in [0, 0.05) is 25.2 Å². The maximum absolute atomic E-state index is 12.5. The van der Waals surface area contributed by atoms with Crippen LogP contribution in [0.2, 0.25) is 0 Å². The normalized spacial score (nSPS) is 15.3. The van der Waals surface area contributed by atoms with Crippen LogP contribution in [0.25, 0.3) is 11.0 Å². The lowest BCUT2D eigenvalue weighted by Gasteiger charge is -2.25. The standard InChI is InChI=1S/C25H32N4O2/c1-25(2,3)19-7-4-18(5-8-19)6-11-24(30)26-20-9-10-21-22(16-20)28-23(27-21)17-29-12-14-31-15-13-29/h4-5,7-10,16H,6,11-15,17H2,1-3H3,(H,26,30)(H,27,28). The number of benzene rings is 2. The average molecular weight is 421 g/mol. The van der Waals surface area contributed by atoms with Crippen LogP contribution >= 0.6 is 0 Å². The molecule has 0 saturated carbocycles. The van der Waals surface area contributed by atoms with E-state index in [1.54, 1.807) is 0 Å².